The highest BCUT2D eigenvalue weighted by molar-refractivity contribution is 5.85. The third kappa shape index (κ3) is 3.03. The normalized spacial score (nSPS) is 11.0. The molecule has 0 spiro atoms. The van der Waals surface area contributed by atoms with Crippen LogP contribution >= 0.6 is 0 Å². The van der Waals surface area contributed by atoms with Gasteiger partial charge in [-0.15, -0.1) is 0 Å². The molecule has 2 heterocycles. The van der Waals surface area contributed by atoms with E-state index in [9.17, 15) is 0 Å². The Morgan fingerprint density at radius 2 is 2.09 bits per heavy atom. The predicted octanol–water partition coefficient (Wildman–Crippen LogP) is 3.39. The van der Waals surface area contributed by atoms with Gasteiger partial charge in [-0.2, -0.15) is 5.10 Å². The number of rotatable bonds is 4. The number of methoxy groups -OCH3 is 1. The molecule has 0 saturated heterocycles. The summed E-state index contributed by atoms with van der Waals surface area (Å²) in [7, 11) is 1.66. The number of hydrogen-bond donors (Lipinski definition) is 1. The van der Waals surface area contributed by atoms with E-state index in [1.807, 2.05) is 49.4 Å². The number of nitrogens with one attached hydrogen (secondary N) is 1. The van der Waals surface area contributed by atoms with E-state index in [0.29, 0.717) is 5.82 Å². The molecule has 1 aromatic carbocycles. The highest BCUT2D eigenvalue weighted by Gasteiger charge is 2.03. The van der Waals surface area contributed by atoms with Crippen molar-refractivity contribution in [2.75, 3.05) is 12.5 Å². The summed E-state index contributed by atoms with van der Waals surface area (Å²) in [5.41, 5.74) is 5.74. The molecule has 2 aromatic heterocycles. The quantitative estimate of drug-likeness (QED) is 0.591. The number of hydrogen-bond acceptors (Lipinski definition) is 5. The lowest BCUT2D eigenvalue weighted by Gasteiger charge is -2.07. The summed E-state index contributed by atoms with van der Waals surface area (Å²) in [4.78, 5) is 8.71. The molecule has 0 bridgehead atoms. The maximum atomic E-state index is 5.25. The zero-order valence-corrected chi connectivity index (χ0v) is 12.4. The Morgan fingerprint density at radius 3 is 2.86 bits per heavy atom. The van der Waals surface area contributed by atoms with Gasteiger partial charge in [-0.05, 0) is 48.9 Å². The average molecular weight is 292 g/mol. The molecular weight excluding hydrogens is 276 g/mol. The van der Waals surface area contributed by atoms with Gasteiger partial charge in [-0.3, -0.25) is 10.4 Å². The standard InChI is InChI=1S/C17H16N4O/c1-12-9-17(21-19-11-13-5-3-4-8-18-13)20-16-7-6-14(22-2)10-15(12)16/h3-11H,1-2H3,(H,20,21)/b19-11-. The fourth-order valence-corrected chi connectivity index (χ4v) is 2.17. The number of ether oxygens (including phenoxy) is 1. The number of aryl methyl sites for hydroxylation is 1. The van der Waals surface area contributed by atoms with E-state index in [0.717, 1.165) is 27.9 Å². The van der Waals surface area contributed by atoms with Gasteiger partial charge in [0.25, 0.3) is 0 Å². The number of benzene rings is 1. The Labute approximate surface area is 128 Å². The van der Waals surface area contributed by atoms with Gasteiger partial charge >= 0.3 is 0 Å². The van der Waals surface area contributed by atoms with Gasteiger partial charge in [0.05, 0.1) is 24.5 Å². The molecule has 5 heteroatoms. The second kappa shape index (κ2) is 6.22. The molecule has 0 aliphatic carbocycles. The molecule has 0 aliphatic heterocycles. The zero-order chi connectivity index (χ0) is 15.4. The fraction of sp³-hybridized carbons (Fsp3) is 0.118. The van der Waals surface area contributed by atoms with Crippen molar-refractivity contribution < 1.29 is 4.74 Å². The molecule has 0 fully saturated rings. The Balaban J connectivity index is 1.84. The van der Waals surface area contributed by atoms with Gasteiger partial charge in [0.15, 0.2) is 0 Å². The van der Waals surface area contributed by atoms with E-state index < -0.39 is 0 Å². The van der Waals surface area contributed by atoms with Crippen LogP contribution in [0.4, 0.5) is 5.82 Å². The van der Waals surface area contributed by atoms with E-state index in [2.05, 4.69) is 20.5 Å². The number of hydrazone groups is 1. The van der Waals surface area contributed by atoms with E-state index in [1.54, 1.807) is 19.5 Å². The van der Waals surface area contributed by atoms with Crippen LogP contribution in [0.25, 0.3) is 10.9 Å². The van der Waals surface area contributed by atoms with Gasteiger partial charge < -0.3 is 4.74 Å². The summed E-state index contributed by atoms with van der Waals surface area (Å²) >= 11 is 0. The van der Waals surface area contributed by atoms with Crippen LogP contribution in [0.5, 0.6) is 5.75 Å². The second-order valence-corrected chi connectivity index (χ2v) is 4.83. The van der Waals surface area contributed by atoms with Crippen molar-refractivity contribution >= 4 is 22.9 Å². The summed E-state index contributed by atoms with van der Waals surface area (Å²) in [5.74, 6) is 1.52. The highest BCUT2D eigenvalue weighted by atomic mass is 16.5. The van der Waals surface area contributed by atoms with Crippen LogP contribution in [-0.2, 0) is 0 Å². The molecule has 0 radical (unpaired) electrons. The Kier molecular flexibility index (Phi) is 3.96. The molecule has 22 heavy (non-hydrogen) atoms. The molecule has 3 rings (SSSR count). The Hall–Kier alpha value is -2.95. The van der Waals surface area contributed by atoms with Crippen LogP contribution in [0.3, 0.4) is 0 Å². The molecule has 0 saturated carbocycles. The SMILES string of the molecule is COc1ccc2nc(N/N=C\c3ccccn3)cc(C)c2c1. The van der Waals surface area contributed by atoms with Crippen LogP contribution in [0.15, 0.2) is 53.8 Å². The summed E-state index contributed by atoms with van der Waals surface area (Å²) in [5, 5.41) is 5.24. The van der Waals surface area contributed by atoms with Crippen molar-refractivity contribution in [3.63, 3.8) is 0 Å². The fourth-order valence-electron chi connectivity index (χ4n) is 2.17. The van der Waals surface area contributed by atoms with Crippen molar-refractivity contribution in [3.05, 3.63) is 59.9 Å². The predicted molar refractivity (Wildman–Crippen MR) is 88.5 cm³/mol. The van der Waals surface area contributed by atoms with Crippen molar-refractivity contribution in [3.8, 4) is 5.75 Å². The lowest BCUT2D eigenvalue weighted by atomic mass is 10.1. The van der Waals surface area contributed by atoms with Gasteiger partial charge in [0.2, 0.25) is 0 Å². The van der Waals surface area contributed by atoms with Gasteiger partial charge in [-0.1, -0.05) is 6.07 Å². The first kappa shape index (κ1) is 14.0. The monoisotopic (exact) mass is 292 g/mol. The molecule has 3 aromatic rings. The third-order valence-electron chi connectivity index (χ3n) is 3.29. The summed E-state index contributed by atoms with van der Waals surface area (Å²) < 4.78 is 5.25. The lowest BCUT2D eigenvalue weighted by Crippen LogP contribution is -1.96. The van der Waals surface area contributed by atoms with E-state index >= 15 is 0 Å². The van der Waals surface area contributed by atoms with Crippen molar-refractivity contribution in [2.45, 2.75) is 6.92 Å². The summed E-state index contributed by atoms with van der Waals surface area (Å²) in [6.45, 7) is 2.04. The maximum absolute atomic E-state index is 5.25. The first-order valence-electron chi connectivity index (χ1n) is 6.92. The first-order chi connectivity index (χ1) is 10.8. The second-order valence-electron chi connectivity index (χ2n) is 4.83. The van der Waals surface area contributed by atoms with E-state index in [1.165, 1.54) is 0 Å². The molecule has 110 valence electrons. The van der Waals surface area contributed by atoms with Crippen LogP contribution in [0.1, 0.15) is 11.3 Å². The largest absolute Gasteiger partial charge is 0.497 e. The van der Waals surface area contributed by atoms with Gasteiger partial charge in [0.1, 0.15) is 11.6 Å². The number of fused-ring (bicyclic) bond motifs is 1. The summed E-state index contributed by atoms with van der Waals surface area (Å²) in [6, 6.07) is 13.4. The molecule has 0 atom stereocenters. The zero-order valence-electron chi connectivity index (χ0n) is 12.4. The first-order valence-corrected chi connectivity index (χ1v) is 6.92. The molecule has 1 N–H and O–H groups in total. The lowest BCUT2D eigenvalue weighted by molar-refractivity contribution is 0.415. The molecule has 5 nitrogen and oxygen atoms in total. The number of pyridine rings is 2. The molecule has 0 unspecified atom stereocenters. The van der Waals surface area contributed by atoms with Crippen LogP contribution in [0.2, 0.25) is 0 Å². The number of anilines is 1. The summed E-state index contributed by atoms with van der Waals surface area (Å²) in [6.07, 6.45) is 3.39. The van der Waals surface area contributed by atoms with E-state index in [4.69, 9.17) is 4.74 Å². The number of nitrogens with zero attached hydrogens (tertiary/aromatic N) is 3. The Bertz CT molecular complexity index is 816. The molecule has 0 aliphatic rings. The smallest absolute Gasteiger partial charge is 0.147 e. The number of aromatic nitrogens is 2. The van der Waals surface area contributed by atoms with Crippen molar-refractivity contribution in [1.82, 2.24) is 9.97 Å². The van der Waals surface area contributed by atoms with Crippen LogP contribution in [-0.4, -0.2) is 23.3 Å². The van der Waals surface area contributed by atoms with Crippen molar-refractivity contribution in [2.24, 2.45) is 5.10 Å². The third-order valence-corrected chi connectivity index (χ3v) is 3.29. The minimum absolute atomic E-state index is 0.697. The average Bonchev–Trinajstić information content (AvgIpc) is 2.56. The molecule has 0 amide bonds. The Morgan fingerprint density at radius 1 is 1.18 bits per heavy atom. The van der Waals surface area contributed by atoms with Crippen LogP contribution < -0.4 is 10.2 Å². The minimum Gasteiger partial charge on any atom is -0.497 e. The van der Waals surface area contributed by atoms with E-state index in [-0.39, 0.29) is 0 Å². The van der Waals surface area contributed by atoms with Crippen molar-refractivity contribution in [1.29, 1.82) is 0 Å². The topological polar surface area (TPSA) is 59.4 Å². The minimum atomic E-state index is 0.697. The highest BCUT2D eigenvalue weighted by Crippen LogP contribution is 2.24. The maximum Gasteiger partial charge on any atom is 0.147 e. The van der Waals surface area contributed by atoms with Gasteiger partial charge in [0, 0.05) is 11.6 Å². The van der Waals surface area contributed by atoms with Crippen LogP contribution in [0, 0.1) is 6.92 Å². The molecular formula is C17H16N4O. The van der Waals surface area contributed by atoms with Gasteiger partial charge in [-0.25, -0.2) is 4.98 Å².